The topological polar surface area (TPSA) is 141 Å². The van der Waals surface area contributed by atoms with Crippen LogP contribution in [0.5, 0.6) is 5.75 Å². The minimum atomic E-state index is -1.03. The Morgan fingerprint density at radius 2 is 1.76 bits per heavy atom. The van der Waals surface area contributed by atoms with Crippen molar-refractivity contribution in [1.82, 2.24) is 5.48 Å². The number of anilines is 1. The van der Waals surface area contributed by atoms with Crippen LogP contribution in [0.3, 0.4) is 0 Å². The van der Waals surface area contributed by atoms with Crippen LogP contribution >= 0.6 is 0 Å². The lowest BCUT2D eigenvalue weighted by Crippen LogP contribution is -2.27. The number of nitriles is 1. The first kappa shape index (κ1) is 23.3. The molecule has 0 bridgehead atoms. The van der Waals surface area contributed by atoms with E-state index in [2.05, 4.69) is 5.32 Å². The molecule has 3 aromatic rings. The number of nitrogens with one attached hydrogen (secondary N) is 2. The molecule has 0 aliphatic carbocycles. The number of ether oxygens (including phenoxy) is 2. The summed E-state index contributed by atoms with van der Waals surface area (Å²) in [5, 5.41) is 31.7. The summed E-state index contributed by atoms with van der Waals surface area (Å²) in [5.74, 6) is -0.729. The van der Waals surface area contributed by atoms with Crippen molar-refractivity contribution in [3.05, 3.63) is 83.9 Å². The van der Waals surface area contributed by atoms with Crippen LogP contribution in [0.4, 0.5) is 10.5 Å². The molecule has 2 amide bonds. The second-order valence-electron chi connectivity index (χ2n) is 6.90. The molecule has 9 nitrogen and oxygen atoms in total. The van der Waals surface area contributed by atoms with Crippen molar-refractivity contribution in [3.63, 3.8) is 0 Å². The van der Waals surface area contributed by atoms with Gasteiger partial charge in [0.2, 0.25) is 0 Å². The van der Waals surface area contributed by atoms with E-state index >= 15 is 0 Å². The Morgan fingerprint density at radius 1 is 1.06 bits per heavy atom. The molecule has 2 atom stereocenters. The first-order valence-electron chi connectivity index (χ1n) is 9.80. The van der Waals surface area contributed by atoms with Crippen molar-refractivity contribution in [3.8, 4) is 11.8 Å². The molecular formula is C24H21N3O6. The summed E-state index contributed by atoms with van der Waals surface area (Å²) in [4.78, 5) is 24.2. The van der Waals surface area contributed by atoms with Crippen molar-refractivity contribution in [1.29, 1.82) is 5.26 Å². The molecule has 4 N–H and O–H groups in total. The van der Waals surface area contributed by atoms with Crippen LogP contribution in [0.1, 0.15) is 17.2 Å². The Hall–Kier alpha value is -4.39. The summed E-state index contributed by atoms with van der Waals surface area (Å²) >= 11 is 0. The van der Waals surface area contributed by atoms with Crippen molar-refractivity contribution in [2.75, 3.05) is 12.4 Å². The van der Waals surface area contributed by atoms with Gasteiger partial charge in [0.15, 0.2) is 6.10 Å². The van der Waals surface area contributed by atoms with E-state index < -0.39 is 24.2 Å². The van der Waals surface area contributed by atoms with Gasteiger partial charge in [-0.1, -0.05) is 30.3 Å². The molecule has 168 valence electrons. The van der Waals surface area contributed by atoms with Gasteiger partial charge in [0, 0.05) is 29.8 Å². The number of rotatable bonds is 7. The number of hydrogen-bond donors (Lipinski definition) is 4. The fraction of sp³-hybridized carbons (Fsp3) is 0.125. The molecular weight excluding hydrogens is 426 g/mol. The van der Waals surface area contributed by atoms with Gasteiger partial charge in [-0.05, 0) is 41.8 Å². The van der Waals surface area contributed by atoms with E-state index in [0.717, 1.165) is 6.08 Å². The monoisotopic (exact) mass is 447 g/mol. The van der Waals surface area contributed by atoms with E-state index in [-0.39, 0.29) is 5.75 Å². The molecule has 0 saturated heterocycles. The largest absolute Gasteiger partial charge is 0.507 e. The fourth-order valence-corrected chi connectivity index (χ4v) is 3.28. The van der Waals surface area contributed by atoms with Crippen LogP contribution in [0.15, 0.2) is 72.8 Å². The van der Waals surface area contributed by atoms with Gasteiger partial charge < -0.3 is 14.6 Å². The number of carbonyl (C=O) groups excluding carboxylic acids is 2. The normalized spacial score (nSPS) is 12.6. The number of aromatic hydroxyl groups is 1. The zero-order chi connectivity index (χ0) is 23.8. The molecule has 0 aliphatic rings. The molecule has 0 saturated carbocycles. The molecule has 9 heteroatoms. The number of nitrogens with zero attached hydrogens (tertiary/aromatic N) is 1. The molecule has 0 aromatic heterocycles. The zero-order valence-electron chi connectivity index (χ0n) is 17.6. The van der Waals surface area contributed by atoms with Gasteiger partial charge in [-0.25, -0.2) is 10.3 Å². The second kappa shape index (κ2) is 10.8. The molecule has 0 spiro atoms. The van der Waals surface area contributed by atoms with Crippen molar-refractivity contribution in [2.24, 2.45) is 0 Å². The molecule has 0 aliphatic heterocycles. The molecule has 3 aromatic carbocycles. The standard InChI is InChI=1S/C24H21N3O6/c1-32-21(12-13-22(29)27-31)23(19-10-11-20(28)18-5-3-2-4-17(18)19)33-24(30)26-16-8-6-15(14-25)7-9-16/h2-13,21,23,28,31H,1H3,(H,26,30)(H,27,29)/b13-12+/t21-,23-/m1/s1. The first-order chi connectivity index (χ1) is 16.0. The molecule has 0 fully saturated rings. The third kappa shape index (κ3) is 5.65. The molecule has 0 heterocycles. The Balaban J connectivity index is 1.97. The summed E-state index contributed by atoms with van der Waals surface area (Å²) in [5.41, 5.74) is 2.87. The van der Waals surface area contributed by atoms with Crippen LogP contribution in [0.25, 0.3) is 10.8 Å². The number of hydroxylamine groups is 1. The number of amides is 2. The third-order valence-corrected chi connectivity index (χ3v) is 4.85. The fourth-order valence-electron chi connectivity index (χ4n) is 3.28. The van der Waals surface area contributed by atoms with E-state index in [1.54, 1.807) is 54.6 Å². The predicted molar refractivity (Wildman–Crippen MR) is 119 cm³/mol. The SMILES string of the molecule is CO[C@H](/C=C/C(=O)NO)[C@H](OC(=O)Nc1ccc(C#N)cc1)c1ccc(O)c2ccccc12. The maximum Gasteiger partial charge on any atom is 0.412 e. The van der Waals surface area contributed by atoms with E-state index in [1.807, 2.05) is 6.07 Å². The second-order valence-corrected chi connectivity index (χ2v) is 6.90. The highest BCUT2D eigenvalue weighted by Crippen LogP contribution is 2.35. The lowest BCUT2D eigenvalue weighted by atomic mass is 9.96. The maximum absolute atomic E-state index is 12.7. The minimum absolute atomic E-state index is 0.0549. The predicted octanol–water partition coefficient (Wildman–Crippen LogP) is 3.78. The van der Waals surface area contributed by atoms with Crippen molar-refractivity contribution >= 4 is 28.5 Å². The van der Waals surface area contributed by atoms with Gasteiger partial charge in [-0.3, -0.25) is 15.3 Å². The zero-order valence-corrected chi connectivity index (χ0v) is 17.6. The number of hydrogen-bond acceptors (Lipinski definition) is 7. The number of benzene rings is 3. The van der Waals surface area contributed by atoms with Crippen molar-refractivity contribution < 1.29 is 29.4 Å². The van der Waals surface area contributed by atoms with Crippen LogP contribution < -0.4 is 10.8 Å². The van der Waals surface area contributed by atoms with Crippen LogP contribution in [0.2, 0.25) is 0 Å². The van der Waals surface area contributed by atoms with Gasteiger partial charge >= 0.3 is 6.09 Å². The summed E-state index contributed by atoms with van der Waals surface area (Å²) in [7, 11) is 1.38. The lowest BCUT2D eigenvalue weighted by molar-refractivity contribution is -0.124. The van der Waals surface area contributed by atoms with Gasteiger partial charge in [0.05, 0.1) is 11.6 Å². The van der Waals surface area contributed by atoms with Crippen molar-refractivity contribution in [2.45, 2.75) is 12.2 Å². The highest BCUT2D eigenvalue weighted by Gasteiger charge is 2.28. The van der Waals surface area contributed by atoms with E-state index in [0.29, 0.717) is 27.6 Å². The molecule has 0 radical (unpaired) electrons. The highest BCUT2D eigenvalue weighted by molar-refractivity contribution is 5.92. The average molecular weight is 447 g/mol. The number of phenols is 1. The minimum Gasteiger partial charge on any atom is -0.507 e. The Morgan fingerprint density at radius 3 is 2.39 bits per heavy atom. The Kier molecular flexibility index (Phi) is 7.60. The smallest absolute Gasteiger partial charge is 0.412 e. The van der Waals surface area contributed by atoms with Gasteiger partial charge in [0.25, 0.3) is 5.91 Å². The van der Waals surface area contributed by atoms with E-state index in [4.69, 9.17) is 19.9 Å². The lowest BCUT2D eigenvalue weighted by Gasteiger charge is -2.25. The summed E-state index contributed by atoms with van der Waals surface area (Å²) < 4.78 is 11.2. The Bertz CT molecular complexity index is 1220. The summed E-state index contributed by atoms with van der Waals surface area (Å²) in [6, 6.07) is 18.3. The van der Waals surface area contributed by atoms with Crippen LogP contribution in [-0.2, 0) is 14.3 Å². The molecule has 3 rings (SSSR count). The Labute approximate surface area is 189 Å². The maximum atomic E-state index is 12.7. The number of phenolic OH excluding ortho intramolecular Hbond substituents is 1. The van der Waals surface area contributed by atoms with Gasteiger partial charge in [-0.15, -0.1) is 0 Å². The highest BCUT2D eigenvalue weighted by atomic mass is 16.6. The summed E-state index contributed by atoms with van der Waals surface area (Å²) in [6.07, 6.45) is -0.356. The first-order valence-corrected chi connectivity index (χ1v) is 9.80. The van der Waals surface area contributed by atoms with E-state index in [1.165, 1.54) is 24.7 Å². The number of carbonyl (C=O) groups is 2. The molecule has 33 heavy (non-hydrogen) atoms. The third-order valence-electron chi connectivity index (χ3n) is 4.85. The molecule has 0 unspecified atom stereocenters. The summed E-state index contributed by atoms with van der Waals surface area (Å²) in [6.45, 7) is 0. The number of fused-ring (bicyclic) bond motifs is 1. The van der Waals surface area contributed by atoms with Crippen LogP contribution in [-0.4, -0.2) is 35.5 Å². The van der Waals surface area contributed by atoms with Gasteiger partial charge in [-0.2, -0.15) is 5.26 Å². The quantitative estimate of drug-likeness (QED) is 0.245. The van der Waals surface area contributed by atoms with E-state index in [9.17, 15) is 14.7 Å². The number of methoxy groups -OCH3 is 1. The van der Waals surface area contributed by atoms with Crippen LogP contribution in [0, 0.1) is 11.3 Å². The average Bonchev–Trinajstić information content (AvgIpc) is 2.84. The van der Waals surface area contributed by atoms with Gasteiger partial charge in [0.1, 0.15) is 11.9 Å².